The van der Waals surface area contributed by atoms with E-state index in [2.05, 4.69) is 15.3 Å². The number of nitrogens with one attached hydrogen (secondary N) is 1. The Morgan fingerprint density at radius 1 is 0.912 bits per heavy atom. The Balaban J connectivity index is 1.31. The number of aromatic nitrogens is 2. The number of halogens is 3. The lowest BCUT2D eigenvalue weighted by atomic mass is 10.2. The third-order valence-electron chi connectivity index (χ3n) is 4.85. The minimum absolute atomic E-state index is 0.314. The normalized spacial score (nSPS) is 11.4. The number of rotatable bonds is 5. The van der Waals surface area contributed by atoms with E-state index in [1.807, 2.05) is 0 Å². The van der Waals surface area contributed by atoms with Gasteiger partial charge in [0.25, 0.3) is 0 Å². The van der Waals surface area contributed by atoms with Crippen LogP contribution >= 0.6 is 34.8 Å². The van der Waals surface area contributed by atoms with Crippen molar-refractivity contribution in [2.24, 2.45) is 0 Å². The number of hydrogen-bond acceptors (Lipinski definition) is 5. The smallest absolute Gasteiger partial charge is 0.248 e. The molecule has 5 aromatic rings. The van der Waals surface area contributed by atoms with E-state index in [-0.39, 0.29) is 5.91 Å². The van der Waals surface area contributed by atoms with Crippen LogP contribution in [0.4, 0.5) is 5.69 Å². The summed E-state index contributed by atoms with van der Waals surface area (Å²) in [5, 5.41) is 4.24. The topological polar surface area (TPSA) is 81.2 Å². The zero-order valence-electron chi connectivity index (χ0n) is 17.3. The molecule has 0 unspecified atom stereocenters. The minimum Gasteiger partial charge on any atom is -0.457 e. The maximum atomic E-state index is 12.5. The zero-order chi connectivity index (χ0) is 23.7. The molecule has 2 aromatic carbocycles. The van der Waals surface area contributed by atoms with Gasteiger partial charge in [-0.2, -0.15) is 4.98 Å². The quantitative estimate of drug-likeness (QED) is 0.244. The highest BCUT2D eigenvalue weighted by Crippen LogP contribution is 2.33. The first-order valence-electron chi connectivity index (χ1n) is 10.0. The van der Waals surface area contributed by atoms with Crippen LogP contribution in [0.1, 0.15) is 5.76 Å². The Labute approximate surface area is 208 Å². The van der Waals surface area contributed by atoms with E-state index >= 15 is 0 Å². The van der Waals surface area contributed by atoms with Crippen molar-refractivity contribution in [1.82, 2.24) is 9.97 Å². The Hall–Kier alpha value is -3.58. The van der Waals surface area contributed by atoms with E-state index in [9.17, 15) is 4.79 Å². The van der Waals surface area contributed by atoms with E-state index in [4.69, 9.17) is 43.6 Å². The molecule has 0 saturated heterocycles. The lowest BCUT2D eigenvalue weighted by molar-refractivity contribution is -0.111. The van der Waals surface area contributed by atoms with Crippen LogP contribution in [0.15, 0.2) is 81.8 Å². The summed E-state index contributed by atoms with van der Waals surface area (Å²) in [7, 11) is 0. The van der Waals surface area contributed by atoms with E-state index in [0.29, 0.717) is 60.5 Å². The number of oxazole rings is 1. The summed E-state index contributed by atoms with van der Waals surface area (Å²) in [5.41, 5.74) is 2.79. The van der Waals surface area contributed by atoms with Crippen molar-refractivity contribution >= 4 is 63.7 Å². The van der Waals surface area contributed by atoms with Crippen molar-refractivity contribution in [2.75, 3.05) is 5.32 Å². The van der Waals surface area contributed by atoms with Crippen LogP contribution < -0.4 is 5.32 Å². The monoisotopic (exact) mass is 509 g/mol. The van der Waals surface area contributed by atoms with Gasteiger partial charge in [-0.25, -0.2) is 4.98 Å². The number of fused-ring (bicyclic) bond motifs is 1. The van der Waals surface area contributed by atoms with Crippen LogP contribution in [0, 0.1) is 0 Å². The number of amides is 1. The second-order valence-corrected chi connectivity index (χ2v) is 8.44. The number of anilines is 1. The van der Waals surface area contributed by atoms with Gasteiger partial charge in [0.1, 0.15) is 11.5 Å². The summed E-state index contributed by atoms with van der Waals surface area (Å²) in [6, 6.07) is 17.2. The molecule has 0 aliphatic carbocycles. The second-order valence-electron chi connectivity index (χ2n) is 7.19. The van der Waals surface area contributed by atoms with Gasteiger partial charge < -0.3 is 14.2 Å². The summed E-state index contributed by atoms with van der Waals surface area (Å²) in [5.74, 6) is 1.02. The second kappa shape index (κ2) is 9.35. The predicted molar refractivity (Wildman–Crippen MR) is 134 cm³/mol. The molecule has 0 radical (unpaired) electrons. The van der Waals surface area contributed by atoms with E-state index in [0.717, 1.165) is 0 Å². The lowest BCUT2D eigenvalue weighted by Gasteiger charge is -2.05. The van der Waals surface area contributed by atoms with Crippen LogP contribution in [-0.2, 0) is 4.79 Å². The average molecular weight is 511 g/mol. The van der Waals surface area contributed by atoms with Crippen LogP contribution in [0.5, 0.6) is 0 Å². The number of pyridine rings is 1. The highest BCUT2D eigenvalue weighted by atomic mass is 35.5. The molecule has 1 amide bonds. The number of carbonyl (C=O) groups is 1. The molecule has 0 saturated carbocycles. The van der Waals surface area contributed by atoms with Crippen molar-refractivity contribution in [3.63, 3.8) is 0 Å². The molecule has 0 bridgehead atoms. The summed E-state index contributed by atoms with van der Waals surface area (Å²) in [4.78, 5) is 21.0. The number of nitrogens with zero attached hydrogens (tertiary/aromatic N) is 2. The summed E-state index contributed by atoms with van der Waals surface area (Å²) in [6.45, 7) is 0. The van der Waals surface area contributed by atoms with Crippen molar-refractivity contribution in [3.05, 3.63) is 93.8 Å². The molecule has 9 heteroatoms. The Morgan fingerprint density at radius 2 is 1.79 bits per heavy atom. The first-order valence-corrected chi connectivity index (χ1v) is 11.2. The van der Waals surface area contributed by atoms with Crippen molar-refractivity contribution in [2.45, 2.75) is 0 Å². The minimum atomic E-state index is -0.352. The zero-order valence-corrected chi connectivity index (χ0v) is 19.5. The molecule has 34 heavy (non-hydrogen) atoms. The van der Waals surface area contributed by atoms with Gasteiger partial charge in [0.05, 0.1) is 15.6 Å². The van der Waals surface area contributed by atoms with Crippen LogP contribution in [0.3, 0.4) is 0 Å². The molecule has 0 aliphatic rings. The number of hydrogen-bond donors (Lipinski definition) is 1. The van der Waals surface area contributed by atoms with Crippen molar-refractivity contribution in [3.8, 4) is 22.8 Å². The lowest BCUT2D eigenvalue weighted by Crippen LogP contribution is -2.07. The van der Waals surface area contributed by atoms with Crippen LogP contribution in [0.2, 0.25) is 15.1 Å². The largest absolute Gasteiger partial charge is 0.457 e. The molecule has 0 atom stereocenters. The molecular weight excluding hydrogens is 497 g/mol. The van der Waals surface area contributed by atoms with Gasteiger partial charge in [-0.05, 0) is 66.7 Å². The van der Waals surface area contributed by atoms with Gasteiger partial charge >= 0.3 is 0 Å². The SMILES string of the molecule is O=C(/C=C/c1ccc(-c2ccc(Cl)cc2Cl)o1)Nc1ccc(Cl)c(-c2nc3ncccc3o2)c1. The highest BCUT2D eigenvalue weighted by molar-refractivity contribution is 6.36. The Bertz CT molecular complexity index is 1520. The van der Waals surface area contributed by atoms with Gasteiger partial charge in [-0.3, -0.25) is 4.79 Å². The molecule has 3 heterocycles. The third-order valence-corrected chi connectivity index (χ3v) is 5.73. The summed E-state index contributed by atoms with van der Waals surface area (Å²) in [6.07, 6.45) is 4.56. The maximum Gasteiger partial charge on any atom is 0.248 e. The average Bonchev–Trinajstić information content (AvgIpc) is 3.46. The summed E-state index contributed by atoms with van der Waals surface area (Å²) >= 11 is 18.5. The summed E-state index contributed by atoms with van der Waals surface area (Å²) < 4.78 is 11.5. The Morgan fingerprint density at radius 3 is 2.62 bits per heavy atom. The first-order chi connectivity index (χ1) is 16.5. The van der Waals surface area contributed by atoms with Crippen molar-refractivity contribution < 1.29 is 13.6 Å². The fourth-order valence-electron chi connectivity index (χ4n) is 3.27. The number of benzene rings is 2. The van der Waals surface area contributed by atoms with E-state index in [1.54, 1.807) is 72.9 Å². The fourth-order valence-corrected chi connectivity index (χ4v) is 3.97. The maximum absolute atomic E-state index is 12.5. The standard InChI is InChI=1S/C25H14Cl3N3O3/c26-14-3-7-17(20(28)12-14)21-9-5-16(33-21)6-10-23(32)30-15-4-8-19(27)18(13-15)25-31-24-22(34-25)2-1-11-29-24/h1-13H,(H,30,32)/b10-6+. The van der Waals surface area contributed by atoms with Gasteiger partial charge in [-0.1, -0.05) is 34.8 Å². The Kier molecular flexibility index (Phi) is 6.11. The van der Waals surface area contributed by atoms with E-state index < -0.39 is 0 Å². The molecule has 6 nitrogen and oxygen atoms in total. The van der Waals surface area contributed by atoms with E-state index in [1.165, 1.54) is 6.08 Å². The molecule has 1 N–H and O–H groups in total. The molecule has 0 aliphatic heterocycles. The molecule has 0 spiro atoms. The van der Waals surface area contributed by atoms with Gasteiger partial charge in [0, 0.05) is 28.5 Å². The number of carbonyl (C=O) groups excluding carboxylic acids is 1. The molecular formula is C25H14Cl3N3O3. The van der Waals surface area contributed by atoms with Crippen LogP contribution in [0.25, 0.3) is 40.1 Å². The van der Waals surface area contributed by atoms with Gasteiger partial charge in [-0.15, -0.1) is 0 Å². The highest BCUT2D eigenvalue weighted by Gasteiger charge is 2.14. The van der Waals surface area contributed by atoms with Gasteiger partial charge in [0.2, 0.25) is 11.8 Å². The van der Waals surface area contributed by atoms with Crippen LogP contribution in [-0.4, -0.2) is 15.9 Å². The van der Waals surface area contributed by atoms with Gasteiger partial charge in [0.15, 0.2) is 11.2 Å². The van der Waals surface area contributed by atoms with Crippen molar-refractivity contribution in [1.29, 1.82) is 0 Å². The predicted octanol–water partition coefficient (Wildman–Crippen LogP) is 7.76. The molecule has 3 aromatic heterocycles. The molecule has 0 fully saturated rings. The third kappa shape index (κ3) is 4.70. The molecule has 168 valence electrons. The first kappa shape index (κ1) is 22.2. The molecule has 5 rings (SSSR count). The number of furan rings is 1. The fraction of sp³-hybridized carbons (Fsp3) is 0.